The van der Waals surface area contributed by atoms with E-state index < -0.39 is 10.8 Å². The number of benzene rings is 1. The lowest BCUT2D eigenvalue weighted by Crippen LogP contribution is -2.40. The van der Waals surface area contributed by atoms with Crippen molar-refractivity contribution in [2.75, 3.05) is 6.54 Å². The van der Waals surface area contributed by atoms with E-state index in [-0.39, 0.29) is 5.25 Å². The Morgan fingerprint density at radius 2 is 2.00 bits per heavy atom. The van der Waals surface area contributed by atoms with E-state index in [4.69, 9.17) is 11.6 Å². The van der Waals surface area contributed by atoms with Crippen molar-refractivity contribution in [1.82, 2.24) is 5.32 Å². The summed E-state index contributed by atoms with van der Waals surface area (Å²) in [6.07, 6.45) is 2.09. The van der Waals surface area contributed by atoms with E-state index in [9.17, 15) is 4.21 Å². The van der Waals surface area contributed by atoms with Crippen molar-refractivity contribution in [3.63, 3.8) is 0 Å². The summed E-state index contributed by atoms with van der Waals surface area (Å²) >= 11 is 6.12. The molecule has 4 heteroatoms. The average molecular weight is 302 g/mol. The Morgan fingerprint density at radius 1 is 1.32 bits per heavy atom. The van der Waals surface area contributed by atoms with Crippen molar-refractivity contribution in [3.05, 3.63) is 34.9 Å². The molecule has 0 aromatic heterocycles. The van der Waals surface area contributed by atoms with Gasteiger partial charge in [0.1, 0.15) is 0 Å². The van der Waals surface area contributed by atoms with Crippen LogP contribution in [0.15, 0.2) is 24.3 Å². The van der Waals surface area contributed by atoms with Crippen molar-refractivity contribution in [1.29, 1.82) is 0 Å². The highest BCUT2D eigenvalue weighted by molar-refractivity contribution is 7.84. The standard InChI is InChI=1S/C15H24ClNOS/c1-4-10-17-15(5-2)12(3)19(18)11-13-8-6-7-9-14(13)16/h6-9,12,15,17H,4-5,10-11H2,1-3H3. The molecule has 3 atom stereocenters. The van der Waals surface area contributed by atoms with Crippen LogP contribution >= 0.6 is 11.6 Å². The second-order valence-corrected chi connectivity index (χ2v) is 6.99. The van der Waals surface area contributed by atoms with E-state index in [1.54, 1.807) is 0 Å². The highest BCUT2D eigenvalue weighted by Crippen LogP contribution is 2.19. The van der Waals surface area contributed by atoms with Crippen LogP contribution in [0.4, 0.5) is 0 Å². The van der Waals surface area contributed by atoms with Gasteiger partial charge in [0.2, 0.25) is 0 Å². The SMILES string of the molecule is CCCNC(CC)C(C)S(=O)Cc1ccccc1Cl. The quantitative estimate of drug-likeness (QED) is 0.792. The molecular weight excluding hydrogens is 278 g/mol. The van der Waals surface area contributed by atoms with Crippen molar-refractivity contribution >= 4 is 22.4 Å². The van der Waals surface area contributed by atoms with Crippen LogP contribution in [0, 0.1) is 0 Å². The summed E-state index contributed by atoms with van der Waals surface area (Å²) in [6, 6.07) is 7.95. The minimum atomic E-state index is -0.906. The Labute approximate surface area is 124 Å². The molecule has 0 radical (unpaired) electrons. The average Bonchev–Trinajstić information content (AvgIpc) is 2.42. The Balaban J connectivity index is 2.63. The Hall–Kier alpha value is -0.380. The lowest BCUT2D eigenvalue weighted by atomic mass is 10.1. The molecule has 0 fully saturated rings. The first-order valence-electron chi connectivity index (χ1n) is 6.94. The van der Waals surface area contributed by atoms with E-state index in [1.807, 2.05) is 24.3 Å². The van der Waals surface area contributed by atoms with Crippen LogP contribution in [0.3, 0.4) is 0 Å². The third-order valence-corrected chi connectivity index (χ3v) is 5.46. The largest absolute Gasteiger partial charge is 0.313 e. The van der Waals surface area contributed by atoms with Gasteiger partial charge in [0.05, 0.1) is 5.75 Å². The van der Waals surface area contributed by atoms with Gasteiger partial charge < -0.3 is 5.32 Å². The summed E-state index contributed by atoms with van der Waals surface area (Å²) in [5, 5.41) is 4.31. The van der Waals surface area contributed by atoms with Gasteiger partial charge in [0, 0.05) is 27.1 Å². The maximum Gasteiger partial charge on any atom is 0.0503 e. The molecule has 1 aromatic rings. The highest BCUT2D eigenvalue weighted by atomic mass is 35.5. The van der Waals surface area contributed by atoms with Crippen LogP contribution in [0.25, 0.3) is 0 Å². The number of rotatable bonds is 8. The molecule has 19 heavy (non-hydrogen) atoms. The van der Waals surface area contributed by atoms with E-state index >= 15 is 0 Å². The third kappa shape index (κ3) is 5.25. The van der Waals surface area contributed by atoms with Gasteiger partial charge in [-0.05, 0) is 37.9 Å². The summed E-state index contributed by atoms with van der Waals surface area (Å²) < 4.78 is 12.4. The molecule has 0 saturated carbocycles. The molecule has 0 aliphatic rings. The zero-order valence-corrected chi connectivity index (χ0v) is 13.6. The van der Waals surface area contributed by atoms with Gasteiger partial charge in [-0.2, -0.15) is 0 Å². The Morgan fingerprint density at radius 3 is 2.58 bits per heavy atom. The highest BCUT2D eigenvalue weighted by Gasteiger charge is 2.21. The molecule has 0 aliphatic carbocycles. The summed E-state index contributed by atoms with van der Waals surface area (Å²) in [7, 11) is -0.906. The van der Waals surface area contributed by atoms with Gasteiger partial charge in [-0.3, -0.25) is 4.21 Å². The molecule has 3 unspecified atom stereocenters. The molecule has 0 amide bonds. The molecule has 0 heterocycles. The fourth-order valence-electron chi connectivity index (χ4n) is 2.06. The fraction of sp³-hybridized carbons (Fsp3) is 0.600. The van der Waals surface area contributed by atoms with Crippen molar-refractivity contribution in [3.8, 4) is 0 Å². The third-order valence-electron chi connectivity index (χ3n) is 3.33. The van der Waals surface area contributed by atoms with Crippen LogP contribution in [0.2, 0.25) is 5.02 Å². The van der Waals surface area contributed by atoms with E-state index in [0.29, 0.717) is 16.8 Å². The second kappa shape index (κ2) is 8.72. The van der Waals surface area contributed by atoms with Crippen molar-refractivity contribution in [2.45, 2.75) is 50.7 Å². The number of hydrogen-bond acceptors (Lipinski definition) is 2. The van der Waals surface area contributed by atoms with Crippen LogP contribution in [0.1, 0.15) is 39.2 Å². The summed E-state index contributed by atoms with van der Waals surface area (Å²) in [5.74, 6) is 0.533. The molecular formula is C15H24ClNOS. The molecule has 1 N–H and O–H groups in total. The molecule has 2 nitrogen and oxygen atoms in total. The Kier molecular flexibility index (Phi) is 7.66. The molecule has 0 spiro atoms. The second-order valence-electron chi connectivity index (χ2n) is 4.79. The van der Waals surface area contributed by atoms with E-state index in [2.05, 4.69) is 26.1 Å². The molecule has 0 saturated heterocycles. The van der Waals surface area contributed by atoms with Crippen LogP contribution in [-0.4, -0.2) is 22.0 Å². The Bertz CT molecular complexity index is 411. The predicted molar refractivity (Wildman–Crippen MR) is 85.1 cm³/mol. The fourth-order valence-corrected chi connectivity index (χ4v) is 3.81. The van der Waals surface area contributed by atoms with Crippen LogP contribution < -0.4 is 5.32 Å². The number of halogens is 1. The monoisotopic (exact) mass is 301 g/mol. The van der Waals surface area contributed by atoms with Gasteiger partial charge in [-0.15, -0.1) is 0 Å². The summed E-state index contributed by atoms with van der Waals surface area (Å²) in [4.78, 5) is 0. The van der Waals surface area contributed by atoms with Crippen LogP contribution in [-0.2, 0) is 16.6 Å². The molecule has 0 aliphatic heterocycles. The lowest BCUT2D eigenvalue weighted by molar-refractivity contribution is 0.486. The van der Waals surface area contributed by atoms with Crippen molar-refractivity contribution in [2.24, 2.45) is 0 Å². The predicted octanol–water partition coefficient (Wildman–Crippen LogP) is 3.76. The first kappa shape index (κ1) is 16.7. The lowest BCUT2D eigenvalue weighted by Gasteiger charge is -2.23. The van der Waals surface area contributed by atoms with Gasteiger partial charge >= 0.3 is 0 Å². The van der Waals surface area contributed by atoms with E-state index in [0.717, 1.165) is 24.9 Å². The first-order valence-corrected chi connectivity index (χ1v) is 8.70. The number of hydrogen-bond donors (Lipinski definition) is 1. The number of nitrogens with one attached hydrogen (secondary N) is 1. The minimum absolute atomic E-state index is 0.132. The van der Waals surface area contributed by atoms with Gasteiger partial charge in [-0.25, -0.2) is 0 Å². The first-order chi connectivity index (χ1) is 9.10. The van der Waals surface area contributed by atoms with Gasteiger partial charge in [0.15, 0.2) is 0 Å². The smallest absolute Gasteiger partial charge is 0.0503 e. The normalized spacial score (nSPS) is 16.0. The minimum Gasteiger partial charge on any atom is -0.313 e. The van der Waals surface area contributed by atoms with Crippen LogP contribution in [0.5, 0.6) is 0 Å². The molecule has 1 aromatic carbocycles. The topological polar surface area (TPSA) is 29.1 Å². The van der Waals surface area contributed by atoms with Gasteiger partial charge in [0.25, 0.3) is 0 Å². The zero-order chi connectivity index (χ0) is 14.3. The maximum absolute atomic E-state index is 12.4. The van der Waals surface area contributed by atoms with Crippen molar-refractivity contribution < 1.29 is 4.21 Å². The zero-order valence-electron chi connectivity index (χ0n) is 12.0. The molecule has 0 bridgehead atoms. The van der Waals surface area contributed by atoms with Gasteiger partial charge in [-0.1, -0.05) is 43.6 Å². The maximum atomic E-state index is 12.4. The van der Waals surface area contributed by atoms with E-state index in [1.165, 1.54) is 0 Å². The molecule has 108 valence electrons. The summed E-state index contributed by atoms with van der Waals surface area (Å²) in [6.45, 7) is 7.32. The molecule has 1 rings (SSSR count). The summed E-state index contributed by atoms with van der Waals surface area (Å²) in [5.41, 5.74) is 0.972.